The van der Waals surface area contributed by atoms with Crippen molar-refractivity contribution in [2.24, 2.45) is 0 Å². The Morgan fingerprint density at radius 2 is 0.689 bits per heavy atom. The molecular formula is C50H16F16O7S. The number of halogens is 16. The van der Waals surface area contributed by atoms with Crippen LogP contribution in [0.2, 0.25) is 0 Å². The largest absolute Gasteiger partial charge is 0.451 e. The lowest BCUT2D eigenvalue weighted by molar-refractivity contribution is 0.360. The molecule has 0 fully saturated rings. The van der Waals surface area contributed by atoms with Crippen LogP contribution in [0, 0.1) is 118 Å². The smallest absolute Gasteiger partial charge is 0.294 e. The van der Waals surface area contributed by atoms with Crippen molar-refractivity contribution in [2.75, 3.05) is 0 Å². The topological polar surface area (TPSA) is 91.3 Å². The highest BCUT2D eigenvalue weighted by molar-refractivity contribution is 7.85. The molecule has 7 nitrogen and oxygen atoms in total. The minimum absolute atomic E-state index is 0.0435. The van der Waals surface area contributed by atoms with Gasteiger partial charge >= 0.3 is 0 Å². The Bertz CT molecular complexity index is 3830. The van der Waals surface area contributed by atoms with Gasteiger partial charge in [-0.15, -0.1) is 12.8 Å². The summed E-state index contributed by atoms with van der Waals surface area (Å²) in [5.41, 5.74) is -9.38. The molecule has 376 valence electrons. The Morgan fingerprint density at radius 3 is 1.00 bits per heavy atom. The number of ether oxygens (including phenoxy) is 4. The highest BCUT2D eigenvalue weighted by Gasteiger charge is 2.38. The molecule has 8 rings (SSSR count). The van der Waals surface area contributed by atoms with E-state index in [2.05, 4.69) is 11.8 Å². The normalized spacial score (nSPS) is 11.4. The van der Waals surface area contributed by atoms with Crippen molar-refractivity contribution in [2.45, 2.75) is 4.90 Å². The van der Waals surface area contributed by atoms with Crippen LogP contribution in [0.5, 0.6) is 46.0 Å². The Balaban J connectivity index is 1.19. The Labute approximate surface area is 403 Å². The predicted molar refractivity (Wildman–Crippen MR) is 226 cm³/mol. The molecule has 1 N–H and O–H groups in total. The standard InChI is InChI=1S/C50H16F16O7S/c1-3-18-7-5-9-21(13-18)70-47-39(59)31(51)27(32(52)40(47)60)28-35(55)43(63)49(44(64)36(28)56)72-23-12-11-20-15-24(74(67,68)69)17-26(25(20)16-23)73-50-45(65)37(57)30(38(58)46(50)66)29-33(53)41(61)48(42(62)34(29)54)71-22-10-6-8-19(4-2)14-22/h1-2,5-17H,(H,67,68,69). The lowest BCUT2D eigenvalue weighted by Crippen LogP contribution is -2.09. The number of rotatable bonds is 11. The van der Waals surface area contributed by atoms with Gasteiger partial charge in [0.05, 0.1) is 27.1 Å². The van der Waals surface area contributed by atoms with E-state index in [0.29, 0.717) is 24.3 Å². The average molecular weight is 1060 g/mol. The van der Waals surface area contributed by atoms with Gasteiger partial charge in [0, 0.05) is 22.6 Å². The van der Waals surface area contributed by atoms with Crippen molar-refractivity contribution in [3.8, 4) is 92.9 Å². The summed E-state index contributed by atoms with van der Waals surface area (Å²) in [5, 5.41) is -1.35. The van der Waals surface area contributed by atoms with Gasteiger partial charge in [0.1, 0.15) is 23.0 Å². The maximum atomic E-state index is 15.8. The molecule has 0 aliphatic rings. The van der Waals surface area contributed by atoms with Crippen LogP contribution in [-0.2, 0) is 10.1 Å². The molecule has 0 radical (unpaired) electrons. The molecule has 0 aromatic heterocycles. The molecule has 8 aromatic rings. The monoisotopic (exact) mass is 1060 g/mol. The van der Waals surface area contributed by atoms with Gasteiger partial charge in [0.2, 0.25) is 69.5 Å². The summed E-state index contributed by atoms with van der Waals surface area (Å²) < 4.78 is 302. The molecule has 0 heterocycles. The first-order valence-corrected chi connectivity index (χ1v) is 21.2. The lowest BCUT2D eigenvalue weighted by atomic mass is 10.0. The summed E-state index contributed by atoms with van der Waals surface area (Å²) in [6, 6.07) is 11.5. The summed E-state index contributed by atoms with van der Waals surface area (Å²) in [4.78, 5) is -1.22. The van der Waals surface area contributed by atoms with E-state index in [1.165, 1.54) is 24.3 Å². The summed E-state index contributed by atoms with van der Waals surface area (Å²) >= 11 is 0. The van der Waals surface area contributed by atoms with Crippen LogP contribution in [0.25, 0.3) is 33.0 Å². The van der Waals surface area contributed by atoms with E-state index in [-0.39, 0.29) is 17.2 Å². The molecule has 0 bridgehead atoms. The van der Waals surface area contributed by atoms with Crippen LogP contribution in [0.15, 0.2) is 83.8 Å². The van der Waals surface area contributed by atoms with Gasteiger partial charge in [-0.3, -0.25) is 4.55 Å². The second-order valence-electron chi connectivity index (χ2n) is 14.9. The van der Waals surface area contributed by atoms with Crippen molar-refractivity contribution >= 4 is 20.9 Å². The Hall–Kier alpha value is -8.87. The first-order chi connectivity index (χ1) is 34.9. The zero-order valence-electron chi connectivity index (χ0n) is 35.5. The van der Waals surface area contributed by atoms with Crippen LogP contribution in [-0.4, -0.2) is 13.0 Å². The van der Waals surface area contributed by atoms with E-state index in [9.17, 15) is 13.0 Å². The summed E-state index contributed by atoms with van der Waals surface area (Å²) in [7, 11) is -5.39. The average Bonchev–Trinajstić information content (AvgIpc) is 3.38. The minimum Gasteiger partial charge on any atom is -0.451 e. The van der Waals surface area contributed by atoms with Crippen molar-refractivity contribution in [3.63, 3.8) is 0 Å². The third-order valence-electron chi connectivity index (χ3n) is 10.4. The first kappa shape index (κ1) is 51.5. The summed E-state index contributed by atoms with van der Waals surface area (Å²) in [6.07, 6.45) is 10.4. The van der Waals surface area contributed by atoms with E-state index in [1.54, 1.807) is 0 Å². The van der Waals surface area contributed by atoms with E-state index in [1.807, 2.05) is 0 Å². The zero-order valence-corrected chi connectivity index (χ0v) is 36.3. The van der Waals surface area contributed by atoms with Gasteiger partial charge in [-0.25, -0.2) is 35.1 Å². The van der Waals surface area contributed by atoms with Crippen LogP contribution >= 0.6 is 0 Å². The van der Waals surface area contributed by atoms with Gasteiger partial charge in [-0.1, -0.05) is 30.0 Å². The molecule has 0 atom stereocenters. The van der Waals surface area contributed by atoms with Crippen LogP contribution in [0.3, 0.4) is 0 Å². The molecule has 0 aliphatic heterocycles. The summed E-state index contributed by atoms with van der Waals surface area (Å²) in [6.45, 7) is 0. The molecule has 0 unspecified atom stereocenters. The SMILES string of the molecule is C#Cc1cccc(Oc2c(F)c(F)c(-c3c(F)c(F)c(Oc4ccc5cc(S(=O)(=O)O)cc(Oc6c(F)c(F)c(-c7c(F)c(F)c(Oc8cccc(C#C)c8)c(F)c7F)c(F)c6F)c5c4)c(F)c3F)c(F)c2F)c1. The maximum Gasteiger partial charge on any atom is 0.294 e. The van der Waals surface area contributed by atoms with Gasteiger partial charge in [0.15, 0.2) is 46.5 Å². The first-order valence-electron chi connectivity index (χ1n) is 19.7. The Morgan fingerprint density at radius 1 is 0.378 bits per heavy atom. The maximum absolute atomic E-state index is 15.8. The number of fused-ring (bicyclic) bond motifs is 1. The fourth-order valence-corrected chi connectivity index (χ4v) is 7.55. The second-order valence-corrected chi connectivity index (χ2v) is 16.3. The van der Waals surface area contributed by atoms with Crippen molar-refractivity contribution in [3.05, 3.63) is 183 Å². The molecule has 0 aliphatic carbocycles. The van der Waals surface area contributed by atoms with Gasteiger partial charge in [-0.05, 0) is 60.0 Å². The minimum atomic E-state index is -5.39. The van der Waals surface area contributed by atoms with E-state index in [0.717, 1.165) is 24.3 Å². The Kier molecular flexibility index (Phi) is 13.4. The highest BCUT2D eigenvalue weighted by atomic mass is 32.2. The molecular weight excluding hydrogens is 1050 g/mol. The van der Waals surface area contributed by atoms with Crippen molar-refractivity contribution in [1.82, 2.24) is 0 Å². The molecule has 0 amide bonds. The van der Waals surface area contributed by atoms with Crippen molar-refractivity contribution in [1.29, 1.82) is 0 Å². The molecule has 74 heavy (non-hydrogen) atoms. The van der Waals surface area contributed by atoms with Gasteiger partial charge in [0.25, 0.3) is 10.1 Å². The third-order valence-corrected chi connectivity index (χ3v) is 11.3. The zero-order chi connectivity index (χ0) is 54.0. The fourth-order valence-electron chi connectivity index (χ4n) is 7.02. The van der Waals surface area contributed by atoms with Gasteiger partial charge in [-0.2, -0.15) is 43.5 Å². The fraction of sp³-hybridized carbons (Fsp3) is 0. The lowest BCUT2D eigenvalue weighted by Gasteiger charge is -2.18. The quantitative estimate of drug-likeness (QED) is 0.0597. The number of terminal acetylenes is 2. The van der Waals surface area contributed by atoms with Crippen LogP contribution < -0.4 is 18.9 Å². The van der Waals surface area contributed by atoms with Gasteiger partial charge < -0.3 is 18.9 Å². The molecule has 24 heteroatoms. The second kappa shape index (κ2) is 19.3. The van der Waals surface area contributed by atoms with E-state index >= 15 is 70.2 Å². The number of benzene rings is 8. The van der Waals surface area contributed by atoms with Crippen molar-refractivity contribution < 1.29 is 102 Å². The van der Waals surface area contributed by atoms with E-state index in [4.69, 9.17) is 31.8 Å². The van der Waals surface area contributed by atoms with Crippen LogP contribution in [0.1, 0.15) is 11.1 Å². The highest BCUT2D eigenvalue weighted by Crippen LogP contribution is 2.47. The molecule has 0 saturated heterocycles. The van der Waals surface area contributed by atoms with E-state index < -0.39 is 187 Å². The number of hydrogen-bond donors (Lipinski definition) is 1. The molecule has 0 saturated carbocycles. The number of hydrogen-bond acceptors (Lipinski definition) is 6. The molecule has 8 aromatic carbocycles. The predicted octanol–water partition coefficient (Wildman–Crippen LogP) is 14.8. The van der Waals surface area contributed by atoms with Crippen LogP contribution in [0.4, 0.5) is 70.2 Å². The third kappa shape index (κ3) is 8.83. The summed E-state index contributed by atoms with van der Waals surface area (Å²) in [5.74, 6) is -49.5. The molecule has 0 spiro atoms.